The average molecular weight is 279 g/mol. The quantitative estimate of drug-likeness (QED) is 0.763. The molecule has 104 valence electrons. The maximum absolute atomic E-state index is 12.9. The van der Waals surface area contributed by atoms with Crippen LogP contribution in [0.2, 0.25) is 0 Å². The van der Waals surface area contributed by atoms with Crippen LogP contribution in [-0.4, -0.2) is 4.98 Å². The van der Waals surface area contributed by atoms with Gasteiger partial charge in [0.2, 0.25) is 0 Å². The van der Waals surface area contributed by atoms with E-state index >= 15 is 0 Å². The number of rotatable bonds is 0. The van der Waals surface area contributed by atoms with Gasteiger partial charge in [-0.2, -0.15) is 13.2 Å². The predicted molar refractivity (Wildman–Crippen MR) is 71.0 cm³/mol. The number of pyridine rings is 1. The van der Waals surface area contributed by atoms with E-state index in [0.717, 1.165) is 11.4 Å². The molecule has 0 spiro atoms. The molecule has 1 aromatic heterocycles. The van der Waals surface area contributed by atoms with Crippen LogP contribution in [0.25, 0.3) is 0 Å². The van der Waals surface area contributed by atoms with Gasteiger partial charge < -0.3 is 10.6 Å². The number of halogens is 3. The van der Waals surface area contributed by atoms with Gasteiger partial charge in [-0.1, -0.05) is 12.1 Å². The summed E-state index contributed by atoms with van der Waals surface area (Å²) in [7, 11) is 0. The fourth-order valence-corrected chi connectivity index (χ4v) is 2.26. The molecule has 3 nitrogen and oxygen atoms in total. The third kappa shape index (κ3) is 2.17. The van der Waals surface area contributed by atoms with Crippen LogP contribution in [-0.2, 0) is 12.7 Å². The predicted octanol–water partition coefficient (Wildman–Crippen LogP) is 4.08. The van der Waals surface area contributed by atoms with Gasteiger partial charge in [-0.05, 0) is 30.7 Å². The minimum Gasteiger partial charge on any atom is -0.379 e. The van der Waals surface area contributed by atoms with Crippen molar-refractivity contribution in [2.75, 3.05) is 10.6 Å². The number of fused-ring (bicyclic) bond motifs is 2. The molecule has 0 unspecified atom stereocenters. The first-order valence-electron chi connectivity index (χ1n) is 6.13. The number of aryl methyl sites for hydroxylation is 1. The lowest BCUT2D eigenvalue weighted by Gasteiger charge is -2.14. The molecule has 0 saturated heterocycles. The second-order valence-electron chi connectivity index (χ2n) is 4.68. The Morgan fingerprint density at radius 1 is 1.15 bits per heavy atom. The highest BCUT2D eigenvalue weighted by Gasteiger charge is 2.35. The zero-order valence-corrected chi connectivity index (χ0v) is 10.7. The molecule has 2 N–H and O–H groups in total. The second kappa shape index (κ2) is 4.40. The van der Waals surface area contributed by atoms with Crippen molar-refractivity contribution in [3.63, 3.8) is 0 Å². The molecule has 6 heteroatoms. The monoisotopic (exact) mass is 279 g/mol. The van der Waals surface area contributed by atoms with Crippen LogP contribution >= 0.6 is 0 Å². The molecular formula is C14H12F3N3. The molecule has 3 rings (SSSR count). The van der Waals surface area contributed by atoms with Gasteiger partial charge in [-0.25, -0.2) is 4.98 Å². The summed E-state index contributed by atoms with van der Waals surface area (Å²) < 4.78 is 38.7. The van der Waals surface area contributed by atoms with E-state index < -0.39 is 11.9 Å². The van der Waals surface area contributed by atoms with Crippen LogP contribution in [0.4, 0.5) is 30.4 Å². The van der Waals surface area contributed by atoms with Gasteiger partial charge in [0.1, 0.15) is 11.5 Å². The fraction of sp³-hybridized carbons (Fsp3) is 0.214. The highest BCUT2D eigenvalue weighted by Crippen LogP contribution is 2.36. The Balaban J connectivity index is 2.10. The Morgan fingerprint density at radius 3 is 2.55 bits per heavy atom. The summed E-state index contributed by atoms with van der Waals surface area (Å²) in [6.07, 6.45) is -4.44. The Labute approximate surface area is 113 Å². The molecule has 0 fully saturated rings. The van der Waals surface area contributed by atoms with Gasteiger partial charge in [-0.15, -0.1) is 0 Å². The van der Waals surface area contributed by atoms with Gasteiger partial charge in [-0.3, -0.25) is 0 Å². The number of nitrogens with one attached hydrogen (secondary N) is 2. The van der Waals surface area contributed by atoms with Crippen LogP contribution in [0, 0.1) is 6.92 Å². The summed E-state index contributed by atoms with van der Waals surface area (Å²) in [6.45, 7) is 1.86. The van der Waals surface area contributed by atoms with E-state index in [9.17, 15) is 13.2 Å². The number of benzene rings is 1. The molecule has 0 aliphatic carbocycles. The Bertz CT molecular complexity index is 665. The van der Waals surface area contributed by atoms with Crippen molar-refractivity contribution in [1.82, 2.24) is 4.98 Å². The van der Waals surface area contributed by atoms with E-state index in [-0.39, 0.29) is 11.4 Å². The van der Waals surface area contributed by atoms with Gasteiger partial charge >= 0.3 is 6.18 Å². The Morgan fingerprint density at radius 2 is 1.85 bits per heavy atom. The first-order valence-corrected chi connectivity index (χ1v) is 6.13. The Kier molecular flexibility index (Phi) is 2.81. The summed E-state index contributed by atoms with van der Waals surface area (Å²) in [5, 5.41) is 6.15. The molecule has 0 amide bonds. The van der Waals surface area contributed by atoms with E-state index in [2.05, 4.69) is 15.6 Å². The van der Waals surface area contributed by atoms with Crippen LogP contribution < -0.4 is 10.6 Å². The number of hydrogen-bond donors (Lipinski definition) is 2. The van der Waals surface area contributed by atoms with E-state index in [1.807, 2.05) is 18.2 Å². The van der Waals surface area contributed by atoms with Crippen molar-refractivity contribution in [2.24, 2.45) is 0 Å². The number of aromatic nitrogens is 1. The van der Waals surface area contributed by atoms with Crippen LogP contribution in [0.3, 0.4) is 0 Å². The van der Waals surface area contributed by atoms with Gasteiger partial charge in [0.15, 0.2) is 0 Å². The molecule has 1 aromatic carbocycles. The summed E-state index contributed by atoms with van der Waals surface area (Å²) in [6, 6.07) is 8.87. The minimum atomic E-state index is -4.44. The van der Waals surface area contributed by atoms with Crippen molar-refractivity contribution in [1.29, 1.82) is 0 Å². The fourth-order valence-electron chi connectivity index (χ4n) is 2.26. The molecular weight excluding hydrogens is 267 g/mol. The zero-order chi connectivity index (χ0) is 14.3. The maximum Gasteiger partial charge on any atom is 0.433 e. The number of para-hydroxylation sites is 2. The third-order valence-corrected chi connectivity index (χ3v) is 3.21. The van der Waals surface area contributed by atoms with Gasteiger partial charge in [0, 0.05) is 12.1 Å². The lowest BCUT2D eigenvalue weighted by atomic mass is 10.1. The lowest BCUT2D eigenvalue weighted by molar-refractivity contribution is -0.141. The summed E-state index contributed by atoms with van der Waals surface area (Å²) in [4.78, 5) is 3.77. The van der Waals surface area contributed by atoms with E-state index in [1.54, 1.807) is 6.07 Å². The number of alkyl halides is 3. The van der Waals surface area contributed by atoms with Crippen LogP contribution in [0.5, 0.6) is 0 Å². The summed E-state index contributed by atoms with van der Waals surface area (Å²) in [5.74, 6) is 0.250. The molecule has 2 heterocycles. The van der Waals surface area contributed by atoms with Crippen molar-refractivity contribution in [2.45, 2.75) is 19.6 Å². The molecule has 2 aromatic rings. The maximum atomic E-state index is 12.9. The molecule has 1 aliphatic heterocycles. The van der Waals surface area contributed by atoms with E-state index in [0.29, 0.717) is 12.1 Å². The Hall–Kier alpha value is -2.24. The average Bonchev–Trinajstić information content (AvgIpc) is 2.55. The summed E-state index contributed by atoms with van der Waals surface area (Å²) >= 11 is 0. The topological polar surface area (TPSA) is 37.0 Å². The third-order valence-electron chi connectivity index (χ3n) is 3.21. The molecule has 20 heavy (non-hydrogen) atoms. The van der Waals surface area contributed by atoms with E-state index in [1.165, 1.54) is 13.0 Å². The molecule has 0 atom stereocenters. The first-order chi connectivity index (χ1) is 9.45. The lowest BCUT2D eigenvalue weighted by Crippen LogP contribution is -2.13. The van der Waals surface area contributed by atoms with Gasteiger partial charge in [0.05, 0.1) is 11.4 Å². The van der Waals surface area contributed by atoms with Crippen molar-refractivity contribution in [3.8, 4) is 0 Å². The second-order valence-corrected chi connectivity index (χ2v) is 4.68. The first kappa shape index (κ1) is 12.8. The highest BCUT2D eigenvalue weighted by atomic mass is 19.4. The number of hydrogen-bond acceptors (Lipinski definition) is 3. The molecule has 0 saturated carbocycles. The van der Waals surface area contributed by atoms with E-state index in [4.69, 9.17) is 0 Å². The molecule has 0 radical (unpaired) electrons. The zero-order valence-electron chi connectivity index (χ0n) is 10.7. The van der Waals surface area contributed by atoms with Crippen molar-refractivity contribution >= 4 is 17.2 Å². The minimum absolute atomic E-state index is 0.130. The van der Waals surface area contributed by atoms with Crippen molar-refractivity contribution < 1.29 is 13.2 Å². The highest BCUT2D eigenvalue weighted by molar-refractivity contribution is 5.76. The number of nitrogens with zero attached hydrogens (tertiary/aromatic N) is 1. The largest absolute Gasteiger partial charge is 0.433 e. The van der Waals surface area contributed by atoms with Crippen LogP contribution in [0.15, 0.2) is 30.3 Å². The van der Waals surface area contributed by atoms with Crippen LogP contribution in [0.1, 0.15) is 16.8 Å². The molecule has 0 bridgehead atoms. The van der Waals surface area contributed by atoms with Gasteiger partial charge in [0.25, 0.3) is 0 Å². The molecule has 1 aliphatic rings. The summed E-state index contributed by atoms with van der Waals surface area (Å²) in [5.41, 5.74) is 1.56. The SMILES string of the molecule is Cc1cc2c(nc1C(F)(F)F)Nc1ccccc1NC2. The number of anilines is 3. The van der Waals surface area contributed by atoms with Crippen molar-refractivity contribution in [3.05, 3.63) is 47.2 Å². The smallest absolute Gasteiger partial charge is 0.379 e. The normalized spacial score (nSPS) is 13.6. The standard InChI is InChI=1S/C14H12F3N3/c1-8-6-9-7-18-10-4-2-3-5-11(10)19-13(9)20-12(8)14(15,16)17/h2-6,18H,7H2,1H3,(H,19,20).